The van der Waals surface area contributed by atoms with Crippen LogP contribution in [-0.2, 0) is 14.3 Å². The third-order valence-corrected chi connectivity index (χ3v) is 18.5. The molecule has 1 aliphatic rings. The largest absolute Gasteiger partial charge is 0.394 e. The molecular weight excluding hydrogens is 1170 g/mol. The van der Waals surface area contributed by atoms with Crippen LogP contribution in [0, 0.1) is 0 Å². The molecule has 0 aromatic heterocycles. The maximum absolute atomic E-state index is 13.2. The Morgan fingerprint density at radius 1 is 0.368 bits per heavy atom. The maximum Gasteiger partial charge on any atom is 0.220 e. The second kappa shape index (κ2) is 73.3. The average molecular weight is 1330 g/mol. The maximum atomic E-state index is 13.2. The summed E-state index contributed by atoms with van der Waals surface area (Å²) in [7, 11) is 0. The molecule has 0 aliphatic carbocycles. The smallest absolute Gasteiger partial charge is 0.220 e. The van der Waals surface area contributed by atoms with Crippen LogP contribution in [0.25, 0.3) is 0 Å². The van der Waals surface area contributed by atoms with Crippen molar-refractivity contribution in [2.75, 3.05) is 13.2 Å². The predicted octanol–water partition coefficient (Wildman–Crippen LogP) is 23.3. The topological polar surface area (TPSA) is 149 Å². The molecule has 0 saturated carbocycles. The minimum absolute atomic E-state index is 0.177. The summed E-state index contributed by atoms with van der Waals surface area (Å²) in [6.45, 7) is 3.70. The van der Waals surface area contributed by atoms with E-state index in [2.05, 4.69) is 129 Å². The van der Waals surface area contributed by atoms with Gasteiger partial charge in [0.2, 0.25) is 5.91 Å². The van der Waals surface area contributed by atoms with Gasteiger partial charge in [0.05, 0.1) is 25.4 Å². The zero-order valence-corrected chi connectivity index (χ0v) is 61.6. The lowest BCUT2D eigenvalue weighted by atomic mass is 9.99. The number of aliphatic hydroxyl groups excluding tert-OH is 5. The number of amides is 1. The molecule has 1 amide bonds. The first-order chi connectivity index (χ1) is 46.8. The number of aliphatic hydroxyl groups is 5. The first-order valence-corrected chi connectivity index (χ1v) is 40.3. The van der Waals surface area contributed by atoms with Gasteiger partial charge in [-0.25, -0.2) is 0 Å². The summed E-state index contributed by atoms with van der Waals surface area (Å²) in [5, 5.41) is 54.9. The highest BCUT2D eigenvalue weighted by Crippen LogP contribution is 2.24. The van der Waals surface area contributed by atoms with Crippen LogP contribution in [0.1, 0.15) is 361 Å². The summed E-state index contributed by atoms with van der Waals surface area (Å²) in [4.78, 5) is 13.2. The highest BCUT2D eigenvalue weighted by Gasteiger charge is 2.44. The van der Waals surface area contributed by atoms with E-state index in [0.717, 1.165) is 96.3 Å². The van der Waals surface area contributed by atoms with Crippen molar-refractivity contribution >= 4 is 5.91 Å². The fourth-order valence-corrected chi connectivity index (χ4v) is 12.3. The molecule has 1 heterocycles. The molecule has 9 heteroatoms. The lowest BCUT2D eigenvalue weighted by Gasteiger charge is -2.40. The molecule has 7 atom stereocenters. The molecule has 548 valence electrons. The molecule has 0 aromatic rings. The van der Waals surface area contributed by atoms with Crippen LogP contribution in [0.4, 0.5) is 0 Å². The Hall–Kier alpha value is -3.41. The molecule has 9 nitrogen and oxygen atoms in total. The Bertz CT molecular complexity index is 1930. The number of unbranched alkanes of at least 4 members (excludes halogenated alkanes) is 42. The zero-order valence-electron chi connectivity index (χ0n) is 61.6. The monoisotopic (exact) mass is 1330 g/mol. The van der Waals surface area contributed by atoms with Crippen LogP contribution in [0.2, 0.25) is 0 Å². The second-order valence-corrected chi connectivity index (χ2v) is 27.5. The average Bonchev–Trinajstić information content (AvgIpc) is 0.836. The molecule has 1 fully saturated rings. The molecule has 0 spiro atoms. The molecular formula is C86H151NO8. The highest BCUT2D eigenvalue weighted by molar-refractivity contribution is 5.76. The summed E-state index contributed by atoms with van der Waals surface area (Å²) >= 11 is 0. The van der Waals surface area contributed by atoms with Gasteiger partial charge in [0, 0.05) is 6.42 Å². The Balaban J connectivity index is 2.10. The van der Waals surface area contributed by atoms with Crippen LogP contribution < -0.4 is 5.32 Å². The van der Waals surface area contributed by atoms with Gasteiger partial charge in [-0.2, -0.15) is 0 Å². The van der Waals surface area contributed by atoms with Crippen molar-refractivity contribution in [3.05, 3.63) is 122 Å². The normalized spacial score (nSPS) is 18.2. The predicted molar refractivity (Wildman–Crippen MR) is 410 cm³/mol. The van der Waals surface area contributed by atoms with Crippen LogP contribution in [0.3, 0.4) is 0 Å². The fraction of sp³-hybridized carbons (Fsp3) is 0.756. The van der Waals surface area contributed by atoms with E-state index >= 15 is 0 Å². The van der Waals surface area contributed by atoms with Crippen molar-refractivity contribution in [1.82, 2.24) is 5.32 Å². The summed E-state index contributed by atoms with van der Waals surface area (Å²) in [5.41, 5.74) is 0. The quantitative estimate of drug-likeness (QED) is 0.0261. The third kappa shape index (κ3) is 61.4. The van der Waals surface area contributed by atoms with Crippen molar-refractivity contribution in [1.29, 1.82) is 0 Å². The lowest BCUT2D eigenvalue weighted by Crippen LogP contribution is -2.60. The molecule has 1 aliphatic heterocycles. The molecule has 0 aromatic carbocycles. The number of ether oxygens (including phenoxy) is 2. The van der Waals surface area contributed by atoms with Crippen molar-refractivity contribution in [3.8, 4) is 0 Å². The minimum atomic E-state index is -1.57. The van der Waals surface area contributed by atoms with E-state index in [1.807, 2.05) is 6.08 Å². The van der Waals surface area contributed by atoms with Crippen LogP contribution in [0.15, 0.2) is 122 Å². The Kier molecular flexibility index (Phi) is 69.1. The minimum Gasteiger partial charge on any atom is -0.394 e. The van der Waals surface area contributed by atoms with E-state index < -0.39 is 49.5 Å². The van der Waals surface area contributed by atoms with E-state index in [0.29, 0.717) is 6.42 Å². The summed E-state index contributed by atoms with van der Waals surface area (Å²) in [6.07, 6.45) is 103. The number of carbonyl (C=O) groups excluding carboxylic acids is 1. The number of hydrogen-bond acceptors (Lipinski definition) is 8. The van der Waals surface area contributed by atoms with Gasteiger partial charge in [0.25, 0.3) is 0 Å². The Morgan fingerprint density at radius 2 is 0.653 bits per heavy atom. The van der Waals surface area contributed by atoms with Gasteiger partial charge in [0.15, 0.2) is 6.29 Å². The lowest BCUT2D eigenvalue weighted by molar-refractivity contribution is -0.302. The van der Waals surface area contributed by atoms with Gasteiger partial charge in [-0.15, -0.1) is 0 Å². The van der Waals surface area contributed by atoms with Crippen molar-refractivity contribution in [2.45, 2.75) is 403 Å². The van der Waals surface area contributed by atoms with Crippen LogP contribution >= 0.6 is 0 Å². The third-order valence-electron chi connectivity index (χ3n) is 18.5. The first-order valence-electron chi connectivity index (χ1n) is 40.3. The highest BCUT2D eigenvalue weighted by atomic mass is 16.7. The molecule has 0 radical (unpaired) electrons. The number of allylic oxidation sites excluding steroid dienone is 19. The van der Waals surface area contributed by atoms with Gasteiger partial charge < -0.3 is 40.3 Å². The van der Waals surface area contributed by atoms with Gasteiger partial charge >= 0.3 is 0 Å². The molecule has 7 unspecified atom stereocenters. The molecule has 1 rings (SSSR count). The van der Waals surface area contributed by atoms with Gasteiger partial charge in [-0.1, -0.05) is 386 Å². The summed E-state index contributed by atoms with van der Waals surface area (Å²) in [5.74, 6) is -0.177. The molecule has 0 bridgehead atoms. The first kappa shape index (κ1) is 89.6. The SMILES string of the molecule is CC/C=C\C/C=C\C/C=C\C/C=C\C/C=C\C/C=C\C/C=C\C/C=C\C/C=C\CCCCCCCCCCCCCCCC(=O)NC(COC1OC(CO)C(O)C(O)C1O)C(O)/C=C/CCCCCCCCCCCCCCCCCCCCCCCCCCCCCCC. The second-order valence-electron chi connectivity index (χ2n) is 27.5. The summed E-state index contributed by atoms with van der Waals surface area (Å²) in [6, 6.07) is -0.815. The van der Waals surface area contributed by atoms with Crippen LogP contribution in [0.5, 0.6) is 0 Å². The standard InChI is InChI=1S/C86H151NO8/c1-3-5-7-9-11-13-15-17-19-21-23-25-27-29-31-33-35-36-37-38-39-40-41-42-43-44-46-48-50-52-54-56-58-60-62-64-66-68-70-72-74-76-82(90)87-79(78-94-86-85(93)84(92)83(91)81(77-88)95-86)80(89)75-73-71-69-67-65-63-61-59-57-55-53-51-49-47-45-34-32-30-28-26-24-22-20-18-16-14-12-10-8-6-4-2/h5,7,11,13,17,19,23,25,29,31,35-36,38-39,41-42,44,46,73,75,79-81,83-86,88-89,91-93H,3-4,6,8-10,12,14-16,18,20-22,24,26-28,30,32-34,37,40,43,45,47-72,74,76-78H2,1-2H3,(H,87,90)/b7-5-,13-11-,19-17-,25-23-,31-29-,36-35-,39-38-,42-41-,46-44-,75-73+. The molecule has 6 N–H and O–H groups in total. The van der Waals surface area contributed by atoms with Gasteiger partial charge in [0.1, 0.15) is 24.4 Å². The number of nitrogens with one attached hydrogen (secondary N) is 1. The Labute approximate surface area is 586 Å². The zero-order chi connectivity index (χ0) is 68.5. The summed E-state index contributed by atoms with van der Waals surface area (Å²) < 4.78 is 11.3. The molecule has 95 heavy (non-hydrogen) atoms. The number of rotatable bonds is 70. The van der Waals surface area contributed by atoms with Gasteiger partial charge in [-0.05, 0) is 89.9 Å². The fourth-order valence-electron chi connectivity index (χ4n) is 12.3. The van der Waals surface area contributed by atoms with Crippen LogP contribution in [-0.4, -0.2) is 87.5 Å². The van der Waals surface area contributed by atoms with E-state index in [1.54, 1.807) is 6.08 Å². The number of carbonyl (C=O) groups is 1. The van der Waals surface area contributed by atoms with Crippen molar-refractivity contribution < 1.29 is 39.8 Å². The van der Waals surface area contributed by atoms with E-state index in [9.17, 15) is 30.3 Å². The molecule has 1 saturated heterocycles. The number of hydrogen-bond donors (Lipinski definition) is 6. The van der Waals surface area contributed by atoms with E-state index in [-0.39, 0.29) is 12.5 Å². The van der Waals surface area contributed by atoms with Crippen molar-refractivity contribution in [2.24, 2.45) is 0 Å². The Morgan fingerprint density at radius 3 is 0.968 bits per heavy atom. The van der Waals surface area contributed by atoms with E-state index in [4.69, 9.17) is 9.47 Å². The van der Waals surface area contributed by atoms with Gasteiger partial charge in [-0.3, -0.25) is 4.79 Å². The van der Waals surface area contributed by atoms with Crippen molar-refractivity contribution in [3.63, 3.8) is 0 Å². The van der Waals surface area contributed by atoms with E-state index in [1.165, 1.54) is 244 Å².